The lowest BCUT2D eigenvalue weighted by Gasteiger charge is -2.45. The van der Waals surface area contributed by atoms with Gasteiger partial charge in [-0.05, 0) is 44.4 Å². The Hall–Kier alpha value is -0.130. The lowest BCUT2D eigenvalue weighted by molar-refractivity contribution is 0.128. The van der Waals surface area contributed by atoms with Crippen LogP contribution >= 0.6 is 0 Å². The van der Waals surface area contributed by atoms with Crippen molar-refractivity contribution in [3.8, 4) is 0 Å². The summed E-state index contributed by atoms with van der Waals surface area (Å²) in [6.07, 6.45) is 6.90. The first-order chi connectivity index (χ1) is 8.46. The van der Waals surface area contributed by atoms with Gasteiger partial charge in [0.15, 0.2) is 0 Å². The highest BCUT2D eigenvalue weighted by Gasteiger charge is 2.47. The molecular weight excluding hydrogens is 248 g/mol. The molecule has 0 aromatic rings. The normalized spacial score (nSPS) is 33.9. The number of rotatable bonds is 5. The van der Waals surface area contributed by atoms with E-state index < -0.39 is 10.0 Å². The highest BCUT2D eigenvalue weighted by molar-refractivity contribution is 7.90. The van der Waals surface area contributed by atoms with E-state index in [4.69, 9.17) is 5.73 Å². The van der Waals surface area contributed by atoms with Gasteiger partial charge in [0.2, 0.25) is 10.0 Å². The van der Waals surface area contributed by atoms with E-state index in [-0.39, 0.29) is 10.8 Å². The first kappa shape index (κ1) is 14.3. The van der Waals surface area contributed by atoms with E-state index in [9.17, 15) is 8.42 Å². The molecule has 0 radical (unpaired) electrons. The van der Waals surface area contributed by atoms with Gasteiger partial charge in [-0.15, -0.1) is 0 Å². The third-order valence-corrected chi connectivity index (χ3v) is 7.45. The van der Waals surface area contributed by atoms with Gasteiger partial charge >= 0.3 is 0 Å². The van der Waals surface area contributed by atoms with Gasteiger partial charge in [0.05, 0.1) is 5.25 Å². The Kier molecular flexibility index (Phi) is 4.04. The summed E-state index contributed by atoms with van der Waals surface area (Å²) in [7, 11) is -1.36. The number of hydrogen-bond donors (Lipinski definition) is 1. The second-order valence-corrected chi connectivity index (χ2v) is 8.24. The summed E-state index contributed by atoms with van der Waals surface area (Å²) in [5, 5.41) is -0.130. The van der Waals surface area contributed by atoms with Crippen LogP contribution in [0.3, 0.4) is 0 Å². The molecule has 18 heavy (non-hydrogen) atoms. The van der Waals surface area contributed by atoms with Crippen molar-refractivity contribution in [2.75, 3.05) is 13.6 Å². The van der Waals surface area contributed by atoms with E-state index in [0.29, 0.717) is 6.54 Å². The van der Waals surface area contributed by atoms with Crippen molar-refractivity contribution in [3.63, 3.8) is 0 Å². The maximum absolute atomic E-state index is 12.4. The zero-order valence-electron chi connectivity index (χ0n) is 11.6. The molecule has 0 unspecified atom stereocenters. The van der Waals surface area contributed by atoms with Gasteiger partial charge in [-0.25, -0.2) is 8.42 Å². The van der Waals surface area contributed by atoms with E-state index >= 15 is 0 Å². The topological polar surface area (TPSA) is 63.4 Å². The molecule has 0 amide bonds. The molecule has 0 heterocycles. The summed E-state index contributed by atoms with van der Waals surface area (Å²) >= 11 is 0. The van der Waals surface area contributed by atoms with E-state index in [1.54, 1.807) is 11.4 Å². The van der Waals surface area contributed by atoms with Crippen LogP contribution in [0.25, 0.3) is 0 Å². The monoisotopic (exact) mass is 274 g/mol. The molecule has 2 fully saturated rings. The molecule has 4 nitrogen and oxygen atoms in total. The predicted octanol–water partition coefficient (Wildman–Crippen LogP) is 1.71. The highest BCUT2D eigenvalue weighted by atomic mass is 32.2. The number of nitrogens with two attached hydrogens (primary N) is 1. The standard InChI is InChI=1S/C13H26N2O2S/c1-3-11-6-8-13(10-14,9-7-11)15(2)18(16,17)12-4-5-12/h11-12H,3-10,14H2,1-2H3. The average molecular weight is 274 g/mol. The van der Waals surface area contributed by atoms with Gasteiger partial charge in [0, 0.05) is 19.1 Å². The van der Waals surface area contributed by atoms with Crippen LogP contribution in [0.1, 0.15) is 51.9 Å². The van der Waals surface area contributed by atoms with Crippen LogP contribution in [0.4, 0.5) is 0 Å². The predicted molar refractivity (Wildman–Crippen MR) is 73.7 cm³/mol. The van der Waals surface area contributed by atoms with Gasteiger partial charge in [0.25, 0.3) is 0 Å². The quantitative estimate of drug-likeness (QED) is 0.830. The van der Waals surface area contributed by atoms with Crippen LogP contribution in [0.5, 0.6) is 0 Å². The fraction of sp³-hybridized carbons (Fsp3) is 1.00. The SMILES string of the molecule is CCC1CCC(CN)(N(C)S(=O)(=O)C2CC2)CC1. The van der Waals surface area contributed by atoms with Gasteiger partial charge in [0.1, 0.15) is 0 Å². The molecule has 106 valence electrons. The molecule has 0 saturated heterocycles. The van der Waals surface area contributed by atoms with Crippen LogP contribution in [-0.2, 0) is 10.0 Å². The van der Waals surface area contributed by atoms with Crippen molar-refractivity contribution in [2.45, 2.75) is 62.7 Å². The van der Waals surface area contributed by atoms with Gasteiger partial charge in [-0.2, -0.15) is 4.31 Å². The molecule has 2 aliphatic rings. The van der Waals surface area contributed by atoms with Crippen molar-refractivity contribution >= 4 is 10.0 Å². The molecule has 0 spiro atoms. The molecule has 5 heteroatoms. The van der Waals surface area contributed by atoms with Gasteiger partial charge in [-0.3, -0.25) is 0 Å². The van der Waals surface area contributed by atoms with Crippen LogP contribution in [-0.4, -0.2) is 37.1 Å². The number of sulfonamides is 1. The van der Waals surface area contributed by atoms with Crippen LogP contribution in [0.2, 0.25) is 0 Å². The average Bonchev–Trinajstić information content (AvgIpc) is 3.22. The Bertz CT molecular complexity index is 382. The van der Waals surface area contributed by atoms with Crippen molar-refractivity contribution in [1.29, 1.82) is 0 Å². The first-order valence-corrected chi connectivity index (χ1v) is 8.64. The Balaban J connectivity index is 2.13. The molecule has 2 rings (SSSR count). The third kappa shape index (κ3) is 2.45. The Morgan fingerprint density at radius 1 is 1.22 bits per heavy atom. The first-order valence-electron chi connectivity index (χ1n) is 7.14. The number of hydrogen-bond acceptors (Lipinski definition) is 3. The van der Waals surface area contributed by atoms with Crippen LogP contribution < -0.4 is 5.73 Å². The summed E-state index contributed by atoms with van der Waals surface area (Å²) in [6.45, 7) is 2.66. The zero-order valence-corrected chi connectivity index (χ0v) is 12.4. The molecule has 2 N–H and O–H groups in total. The molecule has 2 aliphatic carbocycles. The van der Waals surface area contributed by atoms with E-state index in [0.717, 1.165) is 44.4 Å². The molecule has 2 saturated carbocycles. The van der Waals surface area contributed by atoms with Crippen molar-refractivity contribution < 1.29 is 8.42 Å². The summed E-state index contributed by atoms with van der Waals surface area (Å²) in [4.78, 5) is 0. The molecule has 0 aliphatic heterocycles. The number of nitrogens with zero attached hydrogens (tertiary/aromatic N) is 1. The fourth-order valence-corrected chi connectivity index (χ4v) is 5.11. The highest BCUT2D eigenvalue weighted by Crippen LogP contribution is 2.41. The molecule has 0 atom stereocenters. The maximum Gasteiger partial charge on any atom is 0.217 e. The molecule has 0 aromatic carbocycles. The van der Waals surface area contributed by atoms with E-state index in [1.807, 2.05) is 0 Å². The number of likely N-dealkylation sites (N-methyl/N-ethyl adjacent to an activating group) is 1. The second kappa shape index (κ2) is 5.10. The maximum atomic E-state index is 12.4. The van der Waals surface area contributed by atoms with E-state index in [1.165, 1.54) is 6.42 Å². The fourth-order valence-electron chi connectivity index (χ4n) is 3.13. The lowest BCUT2D eigenvalue weighted by atomic mass is 9.75. The lowest BCUT2D eigenvalue weighted by Crippen LogP contribution is -2.56. The summed E-state index contributed by atoms with van der Waals surface area (Å²) in [5.74, 6) is 0.752. The van der Waals surface area contributed by atoms with Crippen LogP contribution in [0, 0.1) is 5.92 Å². The Labute approximate surface area is 111 Å². The minimum atomic E-state index is -3.11. The summed E-state index contributed by atoms with van der Waals surface area (Å²) < 4.78 is 26.4. The molecule has 0 bridgehead atoms. The zero-order chi connectivity index (χ0) is 13.4. The largest absolute Gasteiger partial charge is 0.329 e. The summed E-state index contributed by atoms with van der Waals surface area (Å²) in [6, 6.07) is 0. The third-order valence-electron chi connectivity index (χ3n) is 4.99. The van der Waals surface area contributed by atoms with Gasteiger partial charge < -0.3 is 5.73 Å². The van der Waals surface area contributed by atoms with Crippen LogP contribution in [0.15, 0.2) is 0 Å². The van der Waals surface area contributed by atoms with E-state index in [2.05, 4.69) is 6.92 Å². The summed E-state index contributed by atoms with van der Waals surface area (Å²) in [5.41, 5.74) is 5.62. The molecular formula is C13H26N2O2S. The Morgan fingerprint density at radius 3 is 2.17 bits per heavy atom. The van der Waals surface area contributed by atoms with Crippen molar-refractivity contribution in [2.24, 2.45) is 11.7 Å². The second-order valence-electron chi connectivity index (χ2n) is 5.99. The smallest absolute Gasteiger partial charge is 0.217 e. The van der Waals surface area contributed by atoms with Crippen molar-refractivity contribution in [1.82, 2.24) is 4.31 Å². The van der Waals surface area contributed by atoms with Crippen molar-refractivity contribution in [3.05, 3.63) is 0 Å². The molecule has 0 aromatic heterocycles. The Morgan fingerprint density at radius 2 is 1.78 bits per heavy atom. The minimum Gasteiger partial charge on any atom is -0.329 e. The van der Waals surface area contributed by atoms with Gasteiger partial charge in [-0.1, -0.05) is 13.3 Å². The minimum absolute atomic E-state index is 0.130.